The Morgan fingerprint density at radius 3 is 2.65 bits per heavy atom. The number of benzene rings is 3. The lowest BCUT2D eigenvalue weighted by Crippen LogP contribution is -2.38. The summed E-state index contributed by atoms with van der Waals surface area (Å²) in [6.45, 7) is 3.49. The fourth-order valence-corrected chi connectivity index (χ4v) is 6.93. The number of rotatable bonds is 9. The van der Waals surface area contributed by atoms with Gasteiger partial charge in [0, 0.05) is 35.9 Å². The SMILES string of the molecule is Cc1c(F)cc2c(CS(=O)(=O)Cc3ccccc3)cccc2c1Oc1ncccc1-c1ccnc(N[C@H]2CCCNC2)n1. The maximum absolute atomic E-state index is 15.4. The maximum Gasteiger partial charge on any atom is 0.228 e. The van der Waals surface area contributed by atoms with Gasteiger partial charge in [-0.25, -0.2) is 27.8 Å². The molecule has 3 heterocycles. The molecule has 43 heavy (non-hydrogen) atoms. The van der Waals surface area contributed by atoms with Crippen LogP contribution in [0.3, 0.4) is 0 Å². The van der Waals surface area contributed by atoms with Gasteiger partial charge in [-0.3, -0.25) is 0 Å². The number of fused-ring (bicyclic) bond motifs is 1. The molecule has 1 aliphatic heterocycles. The fourth-order valence-electron chi connectivity index (χ4n) is 5.40. The van der Waals surface area contributed by atoms with E-state index in [1.54, 1.807) is 61.8 Å². The van der Waals surface area contributed by atoms with Crippen LogP contribution in [0, 0.1) is 12.7 Å². The number of anilines is 1. The van der Waals surface area contributed by atoms with E-state index in [4.69, 9.17) is 9.72 Å². The Balaban J connectivity index is 1.33. The topological polar surface area (TPSA) is 106 Å². The van der Waals surface area contributed by atoms with E-state index in [0.717, 1.165) is 25.9 Å². The summed E-state index contributed by atoms with van der Waals surface area (Å²) in [4.78, 5) is 13.6. The second kappa shape index (κ2) is 12.4. The van der Waals surface area contributed by atoms with Crippen molar-refractivity contribution < 1.29 is 17.5 Å². The molecule has 0 bridgehead atoms. The summed E-state index contributed by atoms with van der Waals surface area (Å²) in [5.74, 6) is 0.203. The average Bonchev–Trinajstić information content (AvgIpc) is 3.01. The lowest BCUT2D eigenvalue weighted by Gasteiger charge is -2.23. The van der Waals surface area contributed by atoms with E-state index in [1.807, 2.05) is 24.3 Å². The Labute approximate surface area is 250 Å². The van der Waals surface area contributed by atoms with Gasteiger partial charge in [-0.1, -0.05) is 48.5 Å². The van der Waals surface area contributed by atoms with Crippen molar-refractivity contribution in [2.45, 2.75) is 37.3 Å². The standard InChI is InChI=1S/C33H32FN5O3S/c1-22-29(34)18-28-24(21-43(40,41)20-23-8-3-2-4-9-23)10-5-12-26(28)31(22)42-32-27(13-7-16-36-32)30-14-17-37-33(39-30)38-25-11-6-15-35-19-25/h2-5,7-10,12-14,16-18,25,35H,6,11,15,19-21H2,1H3,(H,37,38,39)/t25-/m0/s1. The van der Waals surface area contributed by atoms with Gasteiger partial charge in [-0.2, -0.15) is 0 Å². The van der Waals surface area contributed by atoms with Crippen LogP contribution in [-0.4, -0.2) is 42.5 Å². The summed E-state index contributed by atoms with van der Waals surface area (Å²) in [5, 5.41) is 7.84. The number of halogens is 1. The Morgan fingerprint density at radius 2 is 1.84 bits per heavy atom. The third-order valence-corrected chi connectivity index (χ3v) is 9.07. The molecule has 2 N–H and O–H groups in total. The van der Waals surface area contributed by atoms with Crippen LogP contribution < -0.4 is 15.4 Å². The van der Waals surface area contributed by atoms with Crippen LogP contribution in [0.1, 0.15) is 29.5 Å². The summed E-state index contributed by atoms with van der Waals surface area (Å²) in [6.07, 6.45) is 5.40. The van der Waals surface area contributed by atoms with Crippen LogP contribution in [0.25, 0.3) is 22.0 Å². The first kappa shape index (κ1) is 28.7. The first-order chi connectivity index (χ1) is 20.9. The number of hydrogen-bond acceptors (Lipinski definition) is 8. The molecule has 1 fully saturated rings. The van der Waals surface area contributed by atoms with Gasteiger partial charge in [0.25, 0.3) is 0 Å². The van der Waals surface area contributed by atoms with Gasteiger partial charge in [0.05, 0.1) is 22.8 Å². The van der Waals surface area contributed by atoms with E-state index < -0.39 is 15.7 Å². The van der Waals surface area contributed by atoms with Gasteiger partial charge < -0.3 is 15.4 Å². The number of piperidine rings is 1. The zero-order valence-electron chi connectivity index (χ0n) is 23.8. The molecule has 0 amide bonds. The summed E-state index contributed by atoms with van der Waals surface area (Å²) < 4.78 is 48.0. The quantitative estimate of drug-likeness (QED) is 0.207. The Bertz CT molecular complexity index is 1860. The van der Waals surface area contributed by atoms with Crippen molar-refractivity contribution in [1.29, 1.82) is 0 Å². The first-order valence-electron chi connectivity index (χ1n) is 14.2. The van der Waals surface area contributed by atoms with Crippen molar-refractivity contribution in [2.75, 3.05) is 18.4 Å². The molecule has 2 aromatic heterocycles. The molecule has 3 aromatic carbocycles. The van der Waals surface area contributed by atoms with Crippen molar-refractivity contribution in [3.63, 3.8) is 0 Å². The van der Waals surface area contributed by atoms with Gasteiger partial charge >= 0.3 is 0 Å². The highest BCUT2D eigenvalue weighted by atomic mass is 32.2. The maximum atomic E-state index is 15.4. The highest BCUT2D eigenvalue weighted by molar-refractivity contribution is 7.89. The number of sulfone groups is 1. The van der Waals surface area contributed by atoms with E-state index in [0.29, 0.717) is 44.7 Å². The van der Waals surface area contributed by atoms with E-state index in [-0.39, 0.29) is 29.2 Å². The second-order valence-corrected chi connectivity index (χ2v) is 12.8. The minimum Gasteiger partial charge on any atom is -0.437 e. The van der Waals surface area contributed by atoms with Gasteiger partial charge in [-0.05, 0) is 67.1 Å². The van der Waals surface area contributed by atoms with Crippen LogP contribution in [0.15, 0.2) is 85.2 Å². The Hall–Kier alpha value is -4.41. The molecule has 8 nitrogen and oxygen atoms in total. The predicted octanol–water partition coefficient (Wildman–Crippen LogP) is 6.21. The van der Waals surface area contributed by atoms with Gasteiger partial charge in [0.1, 0.15) is 11.6 Å². The van der Waals surface area contributed by atoms with Crippen molar-refractivity contribution in [1.82, 2.24) is 20.3 Å². The molecule has 0 aliphatic carbocycles. The molecular weight excluding hydrogens is 565 g/mol. The molecule has 1 saturated heterocycles. The van der Waals surface area contributed by atoms with Crippen LogP contribution in [0.2, 0.25) is 0 Å². The van der Waals surface area contributed by atoms with Gasteiger partial charge in [-0.15, -0.1) is 0 Å². The number of ether oxygens (including phenoxy) is 1. The van der Waals surface area contributed by atoms with E-state index in [2.05, 4.69) is 20.6 Å². The van der Waals surface area contributed by atoms with E-state index in [1.165, 1.54) is 6.07 Å². The smallest absolute Gasteiger partial charge is 0.228 e. The molecule has 5 aromatic rings. The summed E-state index contributed by atoms with van der Waals surface area (Å²) in [6, 6.07) is 21.3. The molecule has 0 saturated carbocycles. The van der Waals surface area contributed by atoms with E-state index >= 15 is 4.39 Å². The van der Waals surface area contributed by atoms with Crippen LogP contribution >= 0.6 is 0 Å². The lowest BCUT2D eigenvalue weighted by molar-refractivity contribution is 0.460. The number of nitrogens with zero attached hydrogens (tertiary/aromatic N) is 3. The molecule has 1 aliphatic rings. The molecule has 1 atom stereocenters. The monoisotopic (exact) mass is 597 g/mol. The highest BCUT2D eigenvalue weighted by Gasteiger charge is 2.21. The third-order valence-electron chi connectivity index (χ3n) is 7.55. The van der Waals surface area contributed by atoms with E-state index in [9.17, 15) is 8.42 Å². The van der Waals surface area contributed by atoms with Crippen molar-refractivity contribution in [2.24, 2.45) is 0 Å². The van der Waals surface area contributed by atoms with Gasteiger partial charge in [0.2, 0.25) is 11.8 Å². The second-order valence-electron chi connectivity index (χ2n) is 10.8. The van der Waals surface area contributed by atoms with Gasteiger partial charge in [0.15, 0.2) is 9.84 Å². The molecule has 0 unspecified atom stereocenters. The summed E-state index contributed by atoms with van der Waals surface area (Å²) in [7, 11) is -3.53. The zero-order valence-corrected chi connectivity index (χ0v) is 24.6. The first-order valence-corrected chi connectivity index (χ1v) is 16.1. The number of pyridine rings is 1. The molecule has 220 valence electrons. The van der Waals surface area contributed by atoms with Crippen molar-refractivity contribution >= 4 is 26.6 Å². The minimum absolute atomic E-state index is 0.105. The largest absolute Gasteiger partial charge is 0.437 e. The zero-order chi connectivity index (χ0) is 29.8. The van der Waals surface area contributed by atoms with Crippen LogP contribution in [0.5, 0.6) is 11.6 Å². The number of hydrogen-bond donors (Lipinski definition) is 2. The van der Waals surface area contributed by atoms with Crippen LogP contribution in [-0.2, 0) is 21.3 Å². The minimum atomic E-state index is -3.53. The fraction of sp³-hybridized carbons (Fsp3) is 0.242. The van der Waals surface area contributed by atoms with Crippen LogP contribution in [0.4, 0.5) is 10.3 Å². The summed E-state index contributed by atoms with van der Waals surface area (Å²) >= 11 is 0. The number of aromatic nitrogens is 3. The molecule has 0 radical (unpaired) electrons. The molecule has 10 heteroatoms. The molecular formula is C33H32FN5O3S. The molecule has 0 spiro atoms. The van der Waals surface area contributed by atoms with Crippen molar-refractivity contribution in [3.8, 4) is 22.9 Å². The average molecular weight is 598 g/mol. The molecule has 6 rings (SSSR count). The predicted molar refractivity (Wildman–Crippen MR) is 166 cm³/mol. The van der Waals surface area contributed by atoms with Crippen molar-refractivity contribution in [3.05, 3.63) is 108 Å². The lowest BCUT2D eigenvalue weighted by atomic mass is 10.0. The Kier molecular flexibility index (Phi) is 8.31. The Morgan fingerprint density at radius 1 is 0.977 bits per heavy atom. The summed E-state index contributed by atoms with van der Waals surface area (Å²) in [5.41, 5.74) is 2.73. The normalized spacial score (nSPS) is 15.3. The highest BCUT2D eigenvalue weighted by Crippen LogP contribution is 2.39. The number of nitrogens with one attached hydrogen (secondary N) is 2. The third kappa shape index (κ3) is 6.65.